The Kier molecular flexibility index (Phi) is 5.46. The van der Waals surface area contributed by atoms with Crippen LogP contribution in [0.15, 0.2) is 18.2 Å². The summed E-state index contributed by atoms with van der Waals surface area (Å²) in [7, 11) is 0. The molecule has 0 aromatic heterocycles. The number of nitrogens with one attached hydrogen (secondary N) is 2. The van der Waals surface area contributed by atoms with Crippen molar-refractivity contribution in [2.24, 2.45) is 0 Å². The van der Waals surface area contributed by atoms with E-state index in [0.29, 0.717) is 19.5 Å². The quantitative estimate of drug-likeness (QED) is 0.812. The molecule has 0 saturated heterocycles. The lowest BCUT2D eigenvalue weighted by Crippen LogP contribution is -2.36. The first kappa shape index (κ1) is 13.5. The topological polar surface area (TPSA) is 41.1 Å². The average molecular weight is 238 g/mol. The minimum absolute atomic E-state index is 0.147. The van der Waals surface area contributed by atoms with Gasteiger partial charge in [-0.25, -0.2) is 9.18 Å². The van der Waals surface area contributed by atoms with Gasteiger partial charge in [0.05, 0.1) is 0 Å². The minimum Gasteiger partial charge on any atom is -0.338 e. The maximum atomic E-state index is 12.9. The summed E-state index contributed by atoms with van der Waals surface area (Å²) in [5.41, 5.74) is 1.97. The molecule has 0 heterocycles. The Hall–Kier alpha value is -1.58. The molecular formula is C13H19FN2O. The molecule has 0 aliphatic carbocycles. The maximum Gasteiger partial charge on any atom is 0.314 e. The normalized spacial score (nSPS) is 10.1. The molecule has 0 bridgehead atoms. The number of aryl methyl sites for hydroxylation is 1. The molecule has 0 atom stereocenters. The predicted molar refractivity (Wildman–Crippen MR) is 66.5 cm³/mol. The van der Waals surface area contributed by atoms with Gasteiger partial charge in [-0.3, -0.25) is 0 Å². The molecular weight excluding hydrogens is 219 g/mol. The molecule has 2 N–H and O–H groups in total. The number of rotatable bonds is 5. The van der Waals surface area contributed by atoms with E-state index in [1.807, 2.05) is 13.8 Å². The van der Waals surface area contributed by atoms with E-state index < -0.39 is 0 Å². The fourth-order valence-corrected chi connectivity index (χ4v) is 1.55. The fraction of sp³-hybridized carbons (Fsp3) is 0.462. The van der Waals surface area contributed by atoms with E-state index in [9.17, 15) is 9.18 Å². The molecule has 1 rings (SSSR count). The summed E-state index contributed by atoms with van der Waals surface area (Å²) in [5, 5.41) is 5.50. The van der Waals surface area contributed by atoms with E-state index in [-0.39, 0.29) is 11.8 Å². The summed E-state index contributed by atoms with van der Waals surface area (Å²) in [5.74, 6) is -0.222. The highest BCUT2D eigenvalue weighted by Gasteiger charge is 2.01. The number of amides is 2. The SMILES string of the molecule is CCCNC(=O)NCCc1ccc(F)cc1C. The number of benzene rings is 1. The Bertz CT molecular complexity index is 380. The summed E-state index contributed by atoms with van der Waals surface area (Å²) in [6.45, 7) is 5.11. The van der Waals surface area contributed by atoms with Crippen LogP contribution in [0.1, 0.15) is 24.5 Å². The maximum absolute atomic E-state index is 12.9. The Labute approximate surface area is 101 Å². The first-order valence-electron chi connectivity index (χ1n) is 5.90. The monoisotopic (exact) mass is 238 g/mol. The van der Waals surface area contributed by atoms with Gasteiger partial charge in [0.15, 0.2) is 0 Å². The van der Waals surface area contributed by atoms with Crippen LogP contribution in [-0.4, -0.2) is 19.1 Å². The molecule has 0 aliphatic rings. The van der Waals surface area contributed by atoms with Gasteiger partial charge in [0, 0.05) is 13.1 Å². The smallest absolute Gasteiger partial charge is 0.314 e. The molecule has 0 spiro atoms. The van der Waals surface area contributed by atoms with Gasteiger partial charge in [0.25, 0.3) is 0 Å². The number of hydrogen-bond acceptors (Lipinski definition) is 1. The van der Waals surface area contributed by atoms with Crippen LogP contribution in [0.4, 0.5) is 9.18 Å². The van der Waals surface area contributed by atoms with Crippen LogP contribution >= 0.6 is 0 Å². The highest BCUT2D eigenvalue weighted by atomic mass is 19.1. The van der Waals surface area contributed by atoms with E-state index in [2.05, 4.69) is 10.6 Å². The number of hydrogen-bond donors (Lipinski definition) is 2. The van der Waals surface area contributed by atoms with Gasteiger partial charge in [-0.1, -0.05) is 13.0 Å². The molecule has 0 saturated carbocycles. The van der Waals surface area contributed by atoms with Crippen molar-refractivity contribution >= 4 is 6.03 Å². The molecule has 1 aromatic rings. The molecule has 0 radical (unpaired) electrons. The molecule has 17 heavy (non-hydrogen) atoms. The molecule has 2 amide bonds. The number of halogens is 1. The lowest BCUT2D eigenvalue weighted by molar-refractivity contribution is 0.241. The molecule has 0 unspecified atom stereocenters. The average Bonchev–Trinajstić information content (AvgIpc) is 2.29. The second-order valence-electron chi connectivity index (χ2n) is 4.00. The molecule has 0 fully saturated rings. The van der Waals surface area contributed by atoms with Crippen LogP contribution in [0.3, 0.4) is 0 Å². The highest BCUT2D eigenvalue weighted by Crippen LogP contribution is 2.10. The standard InChI is InChI=1S/C13H19FN2O/c1-3-7-15-13(17)16-8-6-11-4-5-12(14)9-10(11)2/h4-5,9H,3,6-8H2,1-2H3,(H2,15,16,17). The van der Waals surface area contributed by atoms with Crippen molar-refractivity contribution in [2.75, 3.05) is 13.1 Å². The van der Waals surface area contributed by atoms with E-state index in [1.165, 1.54) is 12.1 Å². The summed E-state index contributed by atoms with van der Waals surface area (Å²) in [6.07, 6.45) is 1.64. The van der Waals surface area contributed by atoms with E-state index >= 15 is 0 Å². The van der Waals surface area contributed by atoms with E-state index in [1.54, 1.807) is 6.07 Å². The molecule has 1 aromatic carbocycles. The van der Waals surface area contributed by atoms with Gasteiger partial charge in [-0.05, 0) is 43.0 Å². The summed E-state index contributed by atoms with van der Waals surface area (Å²) < 4.78 is 12.9. The molecule has 94 valence electrons. The second kappa shape index (κ2) is 6.89. The zero-order valence-electron chi connectivity index (χ0n) is 10.3. The highest BCUT2D eigenvalue weighted by molar-refractivity contribution is 5.73. The van der Waals surface area contributed by atoms with Crippen molar-refractivity contribution in [3.8, 4) is 0 Å². The van der Waals surface area contributed by atoms with Crippen LogP contribution in [0.2, 0.25) is 0 Å². The number of carbonyl (C=O) groups excluding carboxylic acids is 1. The van der Waals surface area contributed by atoms with Crippen LogP contribution in [0, 0.1) is 12.7 Å². The lowest BCUT2D eigenvalue weighted by Gasteiger charge is -2.08. The van der Waals surface area contributed by atoms with Crippen molar-refractivity contribution in [1.82, 2.24) is 10.6 Å². The number of urea groups is 1. The van der Waals surface area contributed by atoms with Crippen LogP contribution < -0.4 is 10.6 Å². The van der Waals surface area contributed by atoms with E-state index in [4.69, 9.17) is 0 Å². The lowest BCUT2D eigenvalue weighted by atomic mass is 10.1. The van der Waals surface area contributed by atoms with Crippen LogP contribution in [-0.2, 0) is 6.42 Å². The summed E-state index contributed by atoms with van der Waals surface area (Å²) in [6, 6.07) is 4.56. The first-order chi connectivity index (χ1) is 8.13. The van der Waals surface area contributed by atoms with Crippen LogP contribution in [0.25, 0.3) is 0 Å². The number of carbonyl (C=O) groups is 1. The fourth-order valence-electron chi connectivity index (χ4n) is 1.55. The van der Waals surface area contributed by atoms with Crippen molar-refractivity contribution in [1.29, 1.82) is 0 Å². The molecule has 3 nitrogen and oxygen atoms in total. The van der Waals surface area contributed by atoms with Crippen LogP contribution in [0.5, 0.6) is 0 Å². The van der Waals surface area contributed by atoms with Crippen molar-refractivity contribution in [3.63, 3.8) is 0 Å². The Morgan fingerprint density at radius 1 is 1.29 bits per heavy atom. The molecule has 4 heteroatoms. The molecule has 0 aliphatic heterocycles. The van der Waals surface area contributed by atoms with Crippen molar-refractivity contribution in [3.05, 3.63) is 35.1 Å². The Balaban J connectivity index is 2.33. The third-order valence-electron chi connectivity index (χ3n) is 2.52. The van der Waals surface area contributed by atoms with Crippen molar-refractivity contribution in [2.45, 2.75) is 26.7 Å². The van der Waals surface area contributed by atoms with Gasteiger partial charge in [0.2, 0.25) is 0 Å². The van der Waals surface area contributed by atoms with Gasteiger partial charge in [-0.2, -0.15) is 0 Å². The van der Waals surface area contributed by atoms with Crippen molar-refractivity contribution < 1.29 is 9.18 Å². The van der Waals surface area contributed by atoms with Gasteiger partial charge in [0.1, 0.15) is 5.82 Å². The Morgan fingerprint density at radius 2 is 2.00 bits per heavy atom. The summed E-state index contributed by atoms with van der Waals surface area (Å²) in [4.78, 5) is 11.2. The largest absolute Gasteiger partial charge is 0.338 e. The zero-order chi connectivity index (χ0) is 12.7. The third-order valence-corrected chi connectivity index (χ3v) is 2.52. The van der Waals surface area contributed by atoms with Gasteiger partial charge >= 0.3 is 6.03 Å². The Morgan fingerprint density at radius 3 is 2.65 bits per heavy atom. The van der Waals surface area contributed by atoms with Gasteiger partial charge in [-0.15, -0.1) is 0 Å². The zero-order valence-corrected chi connectivity index (χ0v) is 10.3. The predicted octanol–water partition coefficient (Wildman–Crippen LogP) is 2.39. The van der Waals surface area contributed by atoms with E-state index in [0.717, 1.165) is 17.5 Å². The third kappa shape index (κ3) is 4.85. The van der Waals surface area contributed by atoms with Gasteiger partial charge < -0.3 is 10.6 Å². The minimum atomic E-state index is -0.222. The second-order valence-corrected chi connectivity index (χ2v) is 4.00. The first-order valence-corrected chi connectivity index (χ1v) is 5.90. The summed E-state index contributed by atoms with van der Waals surface area (Å²) >= 11 is 0.